The molecule has 1 unspecified atom stereocenters. The van der Waals surface area contributed by atoms with E-state index in [1.165, 1.54) is 0 Å². The third-order valence-electron chi connectivity index (χ3n) is 4.96. The average molecular weight is 423 g/mol. The molecule has 3 aromatic rings. The average Bonchev–Trinajstić information content (AvgIpc) is 3.39. The minimum Gasteiger partial charge on any atom is -0.455 e. The summed E-state index contributed by atoms with van der Waals surface area (Å²) in [7, 11) is 0. The van der Waals surface area contributed by atoms with Gasteiger partial charge in [0.1, 0.15) is 0 Å². The van der Waals surface area contributed by atoms with Gasteiger partial charge in [-0.1, -0.05) is 35.0 Å². The van der Waals surface area contributed by atoms with Crippen molar-refractivity contribution in [3.8, 4) is 11.4 Å². The van der Waals surface area contributed by atoms with Crippen LogP contribution in [0.25, 0.3) is 11.4 Å². The van der Waals surface area contributed by atoms with Gasteiger partial charge in [0.25, 0.3) is 5.89 Å². The highest BCUT2D eigenvalue weighted by Gasteiger charge is 2.36. The maximum Gasteiger partial charge on any atom is 0.311 e. The van der Waals surface area contributed by atoms with E-state index >= 15 is 0 Å². The van der Waals surface area contributed by atoms with Crippen LogP contribution in [0.5, 0.6) is 0 Å². The number of thioether (sulfide) groups is 1. The fourth-order valence-corrected chi connectivity index (χ4v) is 3.67. The lowest BCUT2D eigenvalue weighted by Gasteiger charge is -2.16. The molecule has 7 nitrogen and oxygen atoms in total. The smallest absolute Gasteiger partial charge is 0.311 e. The molecule has 30 heavy (non-hydrogen) atoms. The van der Waals surface area contributed by atoms with Crippen molar-refractivity contribution < 1.29 is 18.8 Å². The number of aryl methyl sites for hydroxylation is 1. The Morgan fingerprint density at radius 1 is 1.20 bits per heavy atom. The molecule has 0 aliphatic carbocycles. The number of hydrogen-bond acceptors (Lipinski definition) is 7. The Balaban J connectivity index is 1.34. The molecule has 1 aromatic heterocycles. The Morgan fingerprint density at radius 3 is 2.63 bits per heavy atom. The molecular formula is C22H21N3O4S. The molecule has 0 bridgehead atoms. The van der Waals surface area contributed by atoms with E-state index in [2.05, 4.69) is 10.1 Å². The maximum atomic E-state index is 12.5. The second-order valence-electron chi connectivity index (χ2n) is 7.09. The van der Waals surface area contributed by atoms with Gasteiger partial charge in [-0.25, -0.2) is 0 Å². The predicted octanol–water partition coefficient (Wildman–Crippen LogP) is 3.86. The van der Waals surface area contributed by atoms with Crippen LogP contribution < -0.4 is 4.90 Å². The highest BCUT2D eigenvalue weighted by molar-refractivity contribution is 7.98. The summed E-state index contributed by atoms with van der Waals surface area (Å²) in [6.45, 7) is 2.18. The van der Waals surface area contributed by atoms with Crippen LogP contribution in [0.4, 0.5) is 5.69 Å². The zero-order valence-corrected chi connectivity index (χ0v) is 17.5. The van der Waals surface area contributed by atoms with Crippen LogP contribution in [0.3, 0.4) is 0 Å². The van der Waals surface area contributed by atoms with Gasteiger partial charge >= 0.3 is 5.97 Å². The Morgan fingerprint density at radius 2 is 1.93 bits per heavy atom. The number of hydrogen-bond donors (Lipinski definition) is 0. The second kappa shape index (κ2) is 8.71. The van der Waals surface area contributed by atoms with E-state index in [4.69, 9.17) is 9.26 Å². The number of carbonyl (C=O) groups excluding carboxylic acids is 2. The van der Waals surface area contributed by atoms with E-state index < -0.39 is 11.9 Å². The molecule has 2 heterocycles. The van der Waals surface area contributed by atoms with Gasteiger partial charge in [-0.2, -0.15) is 4.98 Å². The van der Waals surface area contributed by atoms with E-state index in [1.807, 2.05) is 61.7 Å². The molecule has 1 saturated heterocycles. The number of nitrogens with zero attached hydrogens (tertiary/aromatic N) is 3. The highest BCUT2D eigenvalue weighted by atomic mass is 32.2. The van der Waals surface area contributed by atoms with Crippen LogP contribution in [0.2, 0.25) is 0 Å². The number of rotatable bonds is 6. The van der Waals surface area contributed by atoms with Crippen molar-refractivity contribution in [1.82, 2.24) is 10.1 Å². The van der Waals surface area contributed by atoms with Crippen molar-refractivity contribution in [1.29, 1.82) is 0 Å². The summed E-state index contributed by atoms with van der Waals surface area (Å²) in [4.78, 5) is 31.8. The van der Waals surface area contributed by atoms with Crippen molar-refractivity contribution in [2.75, 3.05) is 17.7 Å². The topological polar surface area (TPSA) is 85.5 Å². The summed E-state index contributed by atoms with van der Waals surface area (Å²) in [5.74, 6) is -0.392. The molecule has 1 aliphatic rings. The summed E-state index contributed by atoms with van der Waals surface area (Å²) in [6.07, 6.45) is 2.12. The summed E-state index contributed by atoms with van der Waals surface area (Å²) < 4.78 is 10.5. The van der Waals surface area contributed by atoms with Gasteiger partial charge in [0.05, 0.1) is 5.92 Å². The Kier molecular flexibility index (Phi) is 5.85. The van der Waals surface area contributed by atoms with Gasteiger partial charge in [0, 0.05) is 29.1 Å². The van der Waals surface area contributed by atoms with E-state index in [9.17, 15) is 9.59 Å². The zero-order valence-electron chi connectivity index (χ0n) is 16.7. The first-order valence-corrected chi connectivity index (χ1v) is 10.8. The van der Waals surface area contributed by atoms with Gasteiger partial charge in [0.2, 0.25) is 11.7 Å². The van der Waals surface area contributed by atoms with Crippen molar-refractivity contribution in [3.05, 3.63) is 60.0 Å². The van der Waals surface area contributed by atoms with Gasteiger partial charge in [0.15, 0.2) is 6.61 Å². The number of anilines is 1. The standard InChI is InChI=1S/C22H21N3O4S/c1-14-3-5-15(6-4-14)21-23-19(29-24-21)13-28-22(27)16-11-20(26)25(12-16)17-7-9-18(30-2)10-8-17/h3-10,16H,11-13H2,1-2H3. The van der Waals surface area contributed by atoms with Crippen molar-refractivity contribution in [3.63, 3.8) is 0 Å². The molecule has 154 valence electrons. The number of esters is 1. The van der Waals surface area contributed by atoms with Crippen LogP contribution in [-0.2, 0) is 20.9 Å². The number of amides is 1. The number of ether oxygens (including phenoxy) is 1. The van der Waals surface area contributed by atoms with E-state index in [1.54, 1.807) is 16.7 Å². The SMILES string of the molecule is CSc1ccc(N2CC(C(=O)OCc3nc(-c4ccc(C)cc4)no3)CC2=O)cc1. The lowest BCUT2D eigenvalue weighted by molar-refractivity contribution is -0.150. The lowest BCUT2D eigenvalue weighted by atomic mass is 10.1. The molecule has 0 saturated carbocycles. The fourth-order valence-electron chi connectivity index (χ4n) is 3.26. The van der Waals surface area contributed by atoms with Crippen LogP contribution in [0.1, 0.15) is 17.9 Å². The molecule has 1 fully saturated rings. The van der Waals surface area contributed by atoms with Crippen molar-refractivity contribution >= 4 is 29.3 Å². The third-order valence-corrected chi connectivity index (χ3v) is 5.70. The summed E-state index contributed by atoms with van der Waals surface area (Å²) in [5, 5.41) is 3.93. The van der Waals surface area contributed by atoms with Crippen molar-refractivity contribution in [2.24, 2.45) is 5.92 Å². The van der Waals surface area contributed by atoms with Gasteiger partial charge < -0.3 is 14.2 Å². The molecule has 8 heteroatoms. The lowest BCUT2D eigenvalue weighted by Crippen LogP contribution is -2.26. The monoisotopic (exact) mass is 423 g/mol. The normalized spacial score (nSPS) is 16.1. The van der Waals surface area contributed by atoms with Crippen LogP contribution >= 0.6 is 11.8 Å². The quantitative estimate of drug-likeness (QED) is 0.439. The molecule has 2 aromatic carbocycles. The first kappa shape index (κ1) is 20.2. The predicted molar refractivity (Wildman–Crippen MR) is 113 cm³/mol. The molecule has 0 spiro atoms. The summed E-state index contributed by atoms with van der Waals surface area (Å²) >= 11 is 1.63. The first-order valence-electron chi connectivity index (χ1n) is 9.54. The molecule has 0 N–H and O–H groups in total. The van der Waals surface area contributed by atoms with E-state index in [0.29, 0.717) is 12.4 Å². The third kappa shape index (κ3) is 4.38. The Hall–Kier alpha value is -3.13. The highest BCUT2D eigenvalue weighted by Crippen LogP contribution is 2.28. The van der Waals surface area contributed by atoms with Gasteiger partial charge in [-0.15, -0.1) is 11.8 Å². The van der Waals surface area contributed by atoms with Crippen LogP contribution in [0.15, 0.2) is 57.9 Å². The second-order valence-corrected chi connectivity index (χ2v) is 7.97. The zero-order chi connectivity index (χ0) is 21.1. The van der Waals surface area contributed by atoms with E-state index in [-0.39, 0.29) is 24.8 Å². The van der Waals surface area contributed by atoms with Gasteiger partial charge in [-0.3, -0.25) is 9.59 Å². The molecule has 1 aliphatic heterocycles. The maximum absolute atomic E-state index is 12.5. The number of carbonyl (C=O) groups is 2. The minimum atomic E-state index is -0.516. The van der Waals surface area contributed by atoms with Gasteiger partial charge in [-0.05, 0) is 37.4 Å². The number of aromatic nitrogens is 2. The minimum absolute atomic E-state index is 0.0895. The largest absolute Gasteiger partial charge is 0.455 e. The fraction of sp³-hybridized carbons (Fsp3) is 0.273. The Bertz CT molecular complexity index is 1050. The first-order chi connectivity index (χ1) is 14.5. The summed E-state index contributed by atoms with van der Waals surface area (Å²) in [5.41, 5.74) is 2.75. The molecular weight excluding hydrogens is 402 g/mol. The molecule has 1 atom stereocenters. The van der Waals surface area contributed by atoms with E-state index in [0.717, 1.165) is 21.7 Å². The molecule has 0 radical (unpaired) electrons. The van der Waals surface area contributed by atoms with Crippen LogP contribution in [0, 0.1) is 12.8 Å². The van der Waals surface area contributed by atoms with Crippen molar-refractivity contribution in [2.45, 2.75) is 24.8 Å². The molecule has 4 rings (SSSR count). The number of benzene rings is 2. The summed E-state index contributed by atoms with van der Waals surface area (Å²) in [6, 6.07) is 15.4. The van der Waals surface area contributed by atoms with Crippen LogP contribution in [-0.4, -0.2) is 34.8 Å². The molecule has 1 amide bonds. The Labute approximate surface area is 178 Å².